The van der Waals surface area contributed by atoms with Crippen LogP contribution >= 0.6 is 11.3 Å². The summed E-state index contributed by atoms with van der Waals surface area (Å²) in [4.78, 5) is 34.9. The van der Waals surface area contributed by atoms with Crippen molar-refractivity contribution in [1.29, 1.82) is 0 Å². The van der Waals surface area contributed by atoms with Gasteiger partial charge in [-0.05, 0) is 64.1 Å². The normalized spacial score (nSPS) is 22.0. The number of piperidine rings is 2. The van der Waals surface area contributed by atoms with Crippen molar-refractivity contribution < 1.29 is 9.59 Å². The van der Waals surface area contributed by atoms with Crippen LogP contribution in [0, 0.1) is 25.7 Å². The van der Waals surface area contributed by atoms with Gasteiger partial charge in [-0.3, -0.25) is 14.5 Å². The van der Waals surface area contributed by atoms with Crippen molar-refractivity contribution >= 4 is 28.3 Å². The number of likely N-dealkylation sites (tertiary alicyclic amines) is 2. The number of aryl methyl sites for hydroxylation is 2. The molecule has 1 aromatic heterocycles. The summed E-state index contributed by atoms with van der Waals surface area (Å²) in [5.41, 5.74) is 3.89. The first kappa shape index (κ1) is 22.9. The summed E-state index contributed by atoms with van der Waals surface area (Å²) in [6.45, 7) is 10.6. The third-order valence-electron chi connectivity index (χ3n) is 6.46. The van der Waals surface area contributed by atoms with Gasteiger partial charge in [0.2, 0.25) is 5.91 Å². The first-order valence-electron chi connectivity index (χ1n) is 11.7. The van der Waals surface area contributed by atoms with E-state index in [0.717, 1.165) is 55.2 Å². The monoisotopic (exact) mass is 454 g/mol. The van der Waals surface area contributed by atoms with Crippen LogP contribution in [0.1, 0.15) is 59.8 Å². The number of hydrogen-bond donors (Lipinski definition) is 1. The van der Waals surface area contributed by atoms with Crippen LogP contribution in [0.25, 0.3) is 0 Å². The fourth-order valence-electron chi connectivity index (χ4n) is 4.96. The van der Waals surface area contributed by atoms with E-state index in [1.54, 1.807) is 0 Å². The van der Waals surface area contributed by atoms with Crippen LogP contribution in [0.2, 0.25) is 0 Å². The molecule has 4 rings (SSSR count). The quantitative estimate of drug-likeness (QED) is 0.723. The molecule has 0 saturated carbocycles. The smallest absolute Gasteiger partial charge is 0.253 e. The Labute approximate surface area is 195 Å². The molecule has 7 heteroatoms. The number of nitrogens with one attached hydrogen (secondary N) is 1. The number of carbonyl (C=O) groups excluding carboxylic acids is 2. The molecule has 1 aromatic carbocycles. The van der Waals surface area contributed by atoms with Crippen molar-refractivity contribution in [1.82, 2.24) is 14.8 Å². The lowest BCUT2D eigenvalue weighted by Crippen LogP contribution is -2.43. The van der Waals surface area contributed by atoms with Crippen molar-refractivity contribution in [2.45, 2.75) is 53.0 Å². The average Bonchev–Trinajstić information content (AvgIpc) is 3.19. The van der Waals surface area contributed by atoms with Crippen LogP contribution in [0.3, 0.4) is 0 Å². The van der Waals surface area contributed by atoms with Crippen LogP contribution in [0.15, 0.2) is 23.6 Å². The highest BCUT2D eigenvalue weighted by molar-refractivity contribution is 7.13. The molecule has 6 nitrogen and oxygen atoms in total. The highest BCUT2D eigenvalue weighted by Gasteiger charge is 2.29. The summed E-state index contributed by atoms with van der Waals surface area (Å²) in [6.07, 6.45) is 4.18. The van der Waals surface area contributed by atoms with Crippen LogP contribution in [0.5, 0.6) is 0 Å². The molecule has 0 bridgehead atoms. The molecule has 2 saturated heterocycles. The summed E-state index contributed by atoms with van der Waals surface area (Å²) in [6, 6.07) is 5.93. The molecule has 1 N–H and O–H groups in total. The van der Waals surface area contributed by atoms with Crippen LogP contribution in [0.4, 0.5) is 5.13 Å². The van der Waals surface area contributed by atoms with E-state index in [1.165, 1.54) is 24.2 Å². The lowest BCUT2D eigenvalue weighted by molar-refractivity contribution is -0.121. The first-order valence-corrected chi connectivity index (χ1v) is 12.6. The summed E-state index contributed by atoms with van der Waals surface area (Å²) in [7, 11) is 0. The molecular weight excluding hydrogens is 420 g/mol. The molecule has 32 heavy (non-hydrogen) atoms. The zero-order valence-electron chi connectivity index (χ0n) is 19.4. The highest BCUT2D eigenvalue weighted by Crippen LogP contribution is 2.24. The van der Waals surface area contributed by atoms with E-state index in [4.69, 9.17) is 0 Å². The average molecular weight is 455 g/mol. The predicted molar refractivity (Wildman–Crippen MR) is 129 cm³/mol. The van der Waals surface area contributed by atoms with Gasteiger partial charge in [-0.25, -0.2) is 4.98 Å². The minimum absolute atomic E-state index is 0.0154. The molecule has 2 aliphatic heterocycles. The molecule has 0 aliphatic carbocycles. The number of thiazole rings is 1. The molecule has 2 fully saturated rings. The van der Waals surface area contributed by atoms with Gasteiger partial charge < -0.3 is 10.2 Å². The second-order valence-corrected chi connectivity index (χ2v) is 10.4. The Balaban J connectivity index is 1.33. The van der Waals surface area contributed by atoms with Crippen molar-refractivity contribution in [2.75, 3.05) is 31.5 Å². The largest absolute Gasteiger partial charge is 0.338 e. The number of hydrogen-bond acceptors (Lipinski definition) is 5. The molecule has 2 aromatic rings. The Kier molecular flexibility index (Phi) is 7.26. The summed E-state index contributed by atoms with van der Waals surface area (Å²) >= 11 is 1.49. The third-order valence-corrected chi connectivity index (χ3v) is 7.26. The molecule has 2 unspecified atom stereocenters. The summed E-state index contributed by atoms with van der Waals surface area (Å²) in [5.74, 6) is 0.521. The van der Waals surface area contributed by atoms with Crippen LogP contribution in [-0.2, 0) is 11.3 Å². The van der Waals surface area contributed by atoms with E-state index in [1.807, 2.05) is 36.3 Å². The third kappa shape index (κ3) is 5.75. The second kappa shape index (κ2) is 10.1. The molecule has 2 atom stereocenters. The fourth-order valence-corrected chi connectivity index (χ4v) is 5.66. The summed E-state index contributed by atoms with van der Waals surface area (Å²) < 4.78 is 0. The number of aromatic nitrogens is 1. The van der Waals surface area contributed by atoms with Crippen molar-refractivity contribution in [3.63, 3.8) is 0 Å². The van der Waals surface area contributed by atoms with Gasteiger partial charge in [0.15, 0.2) is 5.13 Å². The Hall–Kier alpha value is -2.25. The molecular formula is C25H34N4O2S. The van der Waals surface area contributed by atoms with E-state index < -0.39 is 0 Å². The van der Waals surface area contributed by atoms with Gasteiger partial charge in [0.05, 0.1) is 11.6 Å². The van der Waals surface area contributed by atoms with E-state index in [-0.39, 0.29) is 17.7 Å². The molecule has 3 heterocycles. The Bertz CT molecular complexity index is 952. The predicted octanol–water partition coefficient (Wildman–Crippen LogP) is 4.48. The number of rotatable bonds is 5. The SMILES string of the molecule is Cc1cc(C)cc(C(=O)N2CCCC(C(=O)Nc3nc(CN4CCCC(C)C4)cs3)C2)c1. The number of amides is 2. The number of benzene rings is 1. The van der Waals surface area contributed by atoms with Crippen molar-refractivity contribution in [3.8, 4) is 0 Å². The summed E-state index contributed by atoms with van der Waals surface area (Å²) in [5, 5.41) is 5.71. The maximum absolute atomic E-state index is 13.0. The minimum atomic E-state index is -0.200. The zero-order valence-corrected chi connectivity index (χ0v) is 20.2. The van der Waals surface area contributed by atoms with Gasteiger partial charge in [-0.1, -0.05) is 24.1 Å². The molecule has 0 spiro atoms. The van der Waals surface area contributed by atoms with Gasteiger partial charge in [0.1, 0.15) is 0 Å². The number of nitrogens with zero attached hydrogens (tertiary/aromatic N) is 3. The molecule has 2 amide bonds. The first-order chi connectivity index (χ1) is 15.4. The van der Waals surface area contributed by atoms with Crippen molar-refractivity contribution in [3.05, 3.63) is 46.0 Å². The van der Waals surface area contributed by atoms with Gasteiger partial charge >= 0.3 is 0 Å². The maximum atomic E-state index is 13.0. The lowest BCUT2D eigenvalue weighted by Gasteiger charge is -2.32. The van der Waals surface area contributed by atoms with Gasteiger partial charge in [-0.2, -0.15) is 0 Å². The molecule has 172 valence electrons. The van der Waals surface area contributed by atoms with E-state index >= 15 is 0 Å². The van der Waals surface area contributed by atoms with Gasteiger partial charge in [0.25, 0.3) is 5.91 Å². The Morgan fingerprint density at radius 3 is 2.59 bits per heavy atom. The molecule has 2 aliphatic rings. The van der Waals surface area contributed by atoms with Gasteiger partial charge in [0, 0.05) is 37.1 Å². The van der Waals surface area contributed by atoms with Gasteiger partial charge in [-0.15, -0.1) is 11.3 Å². The standard InChI is InChI=1S/C25H34N4O2S/c1-17-6-4-8-28(13-17)15-22-16-32-25(26-22)27-23(30)20-7-5-9-29(14-20)24(31)21-11-18(2)10-19(3)12-21/h10-12,16-17,20H,4-9,13-15H2,1-3H3,(H,26,27,30). The Morgan fingerprint density at radius 1 is 1.09 bits per heavy atom. The number of carbonyl (C=O) groups is 2. The minimum Gasteiger partial charge on any atom is -0.338 e. The highest BCUT2D eigenvalue weighted by atomic mass is 32.1. The van der Waals surface area contributed by atoms with Crippen molar-refractivity contribution in [2.24, 2.45) is 11.8 Å². The second-order valence-electron chi connectivity index (χ2n) is 9.58. The van der Waals surface area contributed by atoms with E-state index in [0.29, 0.717) is 23.8 Å². The Morgan fingerprint density at radius 2 is 1.84 bits per heavy atom. The van der Waals surface area contributed by atoms with Crippen LogP contribution in [-0.4, -0.2) is 52.8 Å². The van der Waals surface area contributed by atoms with E-state index in [9.17, 15) is 9.59 Å². The zero-order chi connectivity index (χ0) is 22.7. The van der Waals surface area contributed by atoms with E-state index in [2.05, 4.69) is 28.2 Å². The van der Waals surface area contributed by atoms with Crippen LogP contribution < -0.4 is 5.32 Å². The number of anilines is 1. The maximum Gasteiger partial charge on any atom is 0.253 e. The lowest BCUT2D eigenvalue weighted by atomic mass is 9.96. The fraction of sp³-hybridized carbons (Fsp3) is 0.560. The topological polar surface area (TPSA) is 65.5 Å². The molecule has 0 radical (unpaired) electrons.